The van der Waals surface area contributed by atoms with E-state index in [1.54, 1.807) is 19.1 Å². The third-order valence-corrected chi connectivity index (χ3v) is 0.685. The fourth-order valence-electron chi connectivity index (χ4n) is 0.335. The van der Waals surface area contributed by atoms with Gasteiger partial charge in [-0.2, -0.15) is 4.94 Å². The molecule has 0 aliphatic carbocycles. The van der Waals surface area contributed by atoms with Crippen molar-refractivity contribution in [1.82, 2.24) is 0 Å². The predicted octanol–water partition coefficient (Wildman–Crippen LogP) is 2.02. The van der Waals surface area contributed by atoms with Gasteiger partial charge in [0.25, 0.3) is 0 Å². The first-order valence-corrected chi connectivity index (χ1v) is 2.33. The third-order valence-electron chi connectivity index (χ3n) is 0.685. The van der Waals surface area contributed by atoms with Crippen LogP contribution in [0, 0.1) is 0 Å². The van der Waals surface area contributed by atoms with E-state index < -0.39 is 0 Å². The van der Waals surface area contributed by atoms with Crippen LogP contribution in [-0.4, -0.2) is 6.61 Å². The molecule has 0 aromatic rings. The second-order valence-electron chi connectivity index (χ2n) is 1.50. The molecule has 0 N–H and O–H groups in total. The van der Waals surface area contributed by atoms with Crippen LogP contribution in [0.2, 0.25) is 0 Å². The van der Waals surface area contributed by atoms with Crippen LogP contribution in [0.4, 0.5) is 4.53 Å². The van der Waals surface area contributed by atoms with Gasteiger partial charge in [-0.05, 0) is 17.0 Å². The van der Waals surface area contributed by atoms with E-state index in [0.29, 0.717) is 0 Å². The molecular weight excluding hydrogens is 107 g/mol. The number of hydrogen-bond acceptors (Lipinski definition) is 1. The Morgan fingerprint density at radius 1 is 1.88 bits per heavy atom. The molecule has 0 amide bonds. The fraction of sp³-hybridized carbons (Fsp3) is 0.333. The SMILES string of the molecule is C=C/C=C(\C)COF. The molecule has 0 atom stereocenters. The zero-order valence-corrected chi connectivity index (χ0v) is 4.86. The lowest BCUT2D eigenvalue weighted by atomic mass is 10.3. The molecule has 0 aliphatic heterocycles. The topological polar surface area (TPSA) is 9.23 Å². The number of hydrogen-bond donors (Lipinski definition) is 0. The largest absolute Gasteiger partial charge is 0.190 e. The summed E-state index contributed by atoms with van der Waals surface area (Å²) in [5, 5.41) is 0. The Balaban J connectivity index is 3.44. The smallest absolute Gasteiger partial charge is 0.109 e. The van der Waals surface area contributed by atoms with E-state index in [1.807, 2.05) is 0 Å². The minimum atomic E-state index is 0.0337. The number of halogens is 1. The van der Waals surface area contributed by atoms with Crippen LogP contribution < -0.4 is 0 Å². The van der Waals surface area contributed by atoms with E-state index in [1.165, 1.54) is 0 Å². The van der Waals surface area contributed by atoms with Crippen molar-refractivity contribution in [3.63, 3.8) is 0 Å². The van der Waals surface area contributed by atoms with Crippen LogP contribution in [-0.2, 0) is 4.94 Å². The highest BCUT2D eigenvalue weighted by Crippen LogP contribution is 1.92. The Kier molecular flexibility index (Phi) is 4.17. The summed E-state index contributed by atoms with van der Waals surface area (Å²) < 4.78 is 11.0. The van der Waals surface area contributed by atoms with Crippen LogP contribution in [0.15, 0.2) is 24.3 Å². The van der Waals surface area contributed by atoms with E-state index in [0.717, 1.165) is 5.57 Å². The molecule has 2 heteroatoms. The second-order valence-corrected chi connectivity index (χ2v) is 1.50. The van der Waals surface area contributed by atoms with Gasteiger partial charge in [-0.1, -0.05) is 18.7 Å². The summed E-state index contributed by atoms with van der Waals surface area (Å²) in [6.45, 7) is 5.23. The van der Waals surface area contributed by atoms with E-state index in [-0.39, 0.29) is 6.61 Å². The maximum atomic E-state index is 11.0. The molecular formula is C6H9FO. The molecule has 0 radical (unpaired) electrons. The predicted molar refractivity (Wildman–Crippen MR) is 31.0 cm³/mol. The molecule has 1 nitrogen and oxygen atoms in total. The first-order chi connectivity index (χ1) is 3.81. The summed E-state index contributed by atoms with van der Waals surface area (Å²) in [6.07, 6.45) is 3.29. The van der Waals surface area contributed by atoms with Gasteiger partial charge in [-0.25, -0.2) is 0 Å². The van der Waals surface area contributed by atoms with E-state index in [4.69, 9.17) is 0 Å². The highest BCUT2D eigenvalue weighted by molar-refractivity contribution is 5.07. The summed E-state index contributed by atoms with van der Waals surface area (Å²) in [7, 11) is 0. The summed E-state index contributed by atoms with van der Waals surface area (Å²) in [5.41, 5.74) is 0.822. The monoisotopic (exact) mass is 116 g/mol. The summed E-state index contributed by atoms with van der Waals surface area (Å²) in [5.74, 6) is 0. The van der Waals surface area contributed by atoms with Gasteiger partial charge in [0.2, 0.25) is 0 Å². The third kappa shape index (κ3) is 3.56. The van der Waals surface area contributed by atoms with Crippen molar-refractivity contribution in [3.8, 4) is 0 Å². The van der Waals surface area contributed by atoms with Crippen molar-refractivity contribution < 1.29 is 9.47 Å². The molecule has 0 saturated heterocycles. The number of rotatable bonds is 3. The van der Waals surface area contributed by atoms with Gasteiger partial charge < -0.3 is 0 Å². The van der Waals surface area contributed by atoms with Gasteiger partial charge in [-0.3, -0.25) is 0 Å². The van der Waals surface area contributed by atoms with Crippen LogP contribution in [0.5, 0.6) is 0 Å². The summed E-state index contributed by atoms with van der Waals surface area (Å²) >= 11 is 0. The number of allylic oxidation sites excluding steroid dienone is 2. The molecule has 8 heavy (non-hydrogen) atoms. The standard InChI is InChI=1S/C6H9FO/c1-3-4-6(2)5-8-7/h3-4H,1,5H2,2H3/b6-4+. The van der Waals surface area contributed by atoms with Gasteiger partial charge >= 0.3 is 0 Å². The highest BCUT2D eigenvalue weighted by atomic mass is 19.3. The van der Waals surface area contributed by atoms with Crippen LogP contribution in [0.25, 0.3) is 0 Å². The van der Waals surface area contributed by atoms with Gasteiger partial charge in [0.15, 0.2) is 0 Å². The Morgan fingerprint density at radius 2 is 2.50 bits per heavy atom. The molecule has 0 aliphatic rings. The van der Waals surface area contributed by atoms with Crippen molar-refractivity contribution in [2.24, 2.45) is 0 Å². The molecule has 0 heterocycles. The highest BCUT2D eigenvalue weighted by Gasteiger charge is 1.83. The normalized spacial score (nSPS) is 11.5. The summed E-state index contributed by atoms with van der Waals surface area (Å²) in [4.78, 5) is 3.34. The Labute approximate surface area is 48.4 Å². The van der Waals surface area contributed by atoms with Gasteiger partial charge in [0, 0.05) is 0 Å². The quantitative estimate of drug-likeness (QED) is 0.512. The van der Waals surface area contributed by atoms with Gasteiger partial charge in [-0.15, -0.1) is 0 Å². The van der Waals surface area contributed by atoms with Gasteiger partial charge in [0.05, 0.1) is 0 Å². The van der Waals surface area contributed by atoms with E-state index in [2.05, 4.69) is 11.5 Å². The fourth-order valence-corrected chi connectivity index (χ4v) is 0.335. The minimum absolute atomic E-state index is 0.0337. The first-order valence-electron chi connectivity index (χ1n) is 2.33. The van der Waals surface area contributed by atoms with Crippen molar-refractivity contribution in [2.75, 3.05) is 6.61 Å². The van der Waals surface area contributed by atoms with Gasteiger partial charge in [0.1, 0.15) is 6.61 Å². The van der Waals surface area contributed by atoms with Crippen molar-refractivity contribution >= 4 is 0 Å². The molecule has 46 valence electrons. The maximum Gasteiger partial charge on any atom is 0.109 e. The van der Waals surface area contributed by atoms with Crippen LogP contribution in [0.1, 0.15) is 6.92 Å². The van der Waals surface area contributed by atoms with Crippen molar-refractivity contribution in [2.45, 2.75) is 6.92 Å². The lowest BCUT2D eigenvalue weighted by molar-refractivity contribution is -0.120. The molecule has 0 fully saturated rings. The van der Waals surface area contributed by atoms with Crippen molar-refractivity contribution in [1.29, 1.82) is 0 Å². The molecule has 0 bridgehead atoms. The van der Waals surface area contributed by atoms with E-state index in [9.17, 15) is 4.53 Å². The van der Waals surface area contributed by atoms with Crippen molar-refractivity contribution in [3.05, 3.63) is 24.3 Å². The lowest BCUT2D eigenvalue weighted by Gasteiger charge is -1.89. The van der Waals surface area contributed by atoms with E-state index >= 15 is 0 Å². The minimum Gasteiger partial charge on any atom is -0.190 e. The molecule has 0 spiro atoms. The van der Waals surface area contributed by atoms with Crippen LogP contribution in [0.3, 0.4) is 0 Å². The lowest BCUT2D eigenvalue weighted by Crippen LogP contribution is -1.84. The average Bonchev–Trinajstić information content (AvgIpc) is 1.68. The first kappa shape index (κ1) is 7.37. The average molecular weight is 116 g/mol. The molecule has 0 saturated carbocycles. The Hall–Kier alpha value is -0.630. The Bertz CT molecular complexity index is 96.7. The second kappa shape index (κ2) is 4.53. The molecule has 0 aromatic carbocycles. The summed E-state index contributed by atoms with van der Waals surface area (Å²) in [6, 6.07) is 0. The molecule has 0 rings (SSSR count). The van der Waals surface area contributed by atoms with Crippen LogP contribution >= 0.6 is 0 Å². The molecule has 0 unspecified atom stereocenters. The molecule has 0 aromatic heterocycles. The zero-order valence-electron chi connectivity index (χ0n) is 4.86. The maximum absolute atomic E-state index is 11.0. The Morgan fingerprint density at radius 3 is 2.88 bits per heavy atom. The zero-order chi connectivity index (χ0) is 6.41.